The maximum Gasteiger partial charge on any atom is 0.318 e. The van der Waals surface area contributed by atoms with Crippen LogP contribution >= 0.6 is 0 Å². The van der Waals surface area contributed by atoms with Gasteiger partial charge in [-0.3, -0.25) is 9.78 Å². The minimum atomic E-state index is -0.195. The van der Waals surface area contributed by atoms with Gasteiger partial charge in [0.1, 0.15) is 6.54 Å². The van der Waals surface area contributed by atoms with Gasteiger partial charge in [-0.15, -0.1) is 0 Å². The maximum absolute atomic E-state index is 12.5. The molecule has 1 aromatic carbocycles. The van der Waals surface area contributed by atoms with Crippen molar-refractivity contribution in [2.45, 2.75) is 26.3 Å². The Morgan fingerprint density at radius 3 is 2.92 bits per heavy atom. The van der Waals surface area contributed by atoms with Crippen molar-refractivity contribution in [3.8, 4) is 0 Å². The van der Waals surface area contributed by atoms with E-state index < -0.39 is 0 Å². The van der Waals surface area contributed by atoms with E-state index >= 15 is 0 Å². The Morgan fingerprint density at radius 1 is 1.24 bits per heavy atom. The maximum atomic E-state index is 12.5. The number of urea groups is 1. The first kappa shape index (κ1) is 17.2. The molecule has 0 radical (unpaired) electrons. The minimum Gasteiger partial charge on any atom is -0.341 e. The normalized spacial score (nSPS) is 15.3. The molecule has 1 aliphatic heterocycles. The van der Waals surface area contributed by atoms with Crippen molar-refractivity contribution in [2.75, 3.05) is 26.2 Å². The molecule has 2 heterocycles. The fourth-order valence-corrected chi connectivity index (χ4v) is 3.19. The van der Waals surface area contributed by atoms with Gasteiger partial charge < -0.3 is 15.1 Å². The number of carbonyl (C=O) groups is 2. The number of fused-ring (bicyclic) bond motifs is 1. The highest BCUT2D eigenvalue weighted by atomic mass is 16.2. The highest BCUT2D eigenvalue weighted by molar-refractivity contribution is 5.85. The van der Waals surface area contributed by atoms with Gasteiger partial charge in [-0.2, -0.15) is 0 Å². The third-order valence-corrected chi connectivity index (χ3v) is 4.46. The van der Waals surface area contributed by atoms with E-state index in [1.165, 1.54) is 0 Å². The minimum absolute atomic E-state index is 0.0290. The highest BCUT2D eigenvalue weighted by Gasteiger charge is 2.24. The first-order valence-corrected chi connectivity index (χ1v) is 8.82. The fourth-order valence-electron chi connectivity index (χ4n) is 3.19. The number of nitrogens with zero attached hydrogens (tertiary/aromatic N) is 3. The van der Waals surface area contributed by atoms with Crippen molar-refractivity contribution in [3.63, 3.8) is 0 Å². The van der Waals surface area contributed by atoms with Gasteiger partial charge in [-0.1, -0.05) is 31.2 Å². The van der Waals surface area contributed by atoms with Gasteiger partial charge in [0.05, 0.1) is 5.52 Å². The van der Waals surface area contributed by atoms with Crippen LogP contribution in [-0.2, 0) is 11.3 Å². The van der Waals surface area contributed by atoms with Crippen LogP contribution in [0, 0.1) is 0 Å². The number of hydrogen-bond acceptors (Lipinski definition) is 3. The van der Waals surface area contributed by atoms with Gasteiger partial charge in [0, 0.05) is 37.8 Å². The number of pyridine rings is 1. The molecule has 0 atom stereocenters. The molecule has 0 spiro atoms. The summed E-state index contributed by atoms with van der Waals surface area (Å²) in [5.74, 6) is 0.0290. The monoisotopic (exact) mass is 340 g/mol. The molecule has 1 saturated heterocycles. The second-order valence-corrected chi connectivity index (χ2v) is 6.31. The molecule has 3 amide bonds. The lowest BCUT2D eigenvalue weighted by Gasteiger charge is -2.21. The average molecular weight is 340 g/mol. The number of para-hydroxylation sites is 1. The number of benzene rings is 1. The van der Waals surface area contributed by atoms with Crippen molar-refractivity contribution in [2.24, 2.45) is 0 Å². The van der Waals surface area contributed by atoms with Crippen LogP contribution in [0.4, 0.5) is 4.79 Å². The number of nitrogens with one attached hydrogen (secondary N) is 1. The topological polar surface area (TPSA) is 65.5 Å². The third-order valence-electron chi connectivity index (χ3n) is 4.46. The molecule has 0 unspecified atom stereocenters. The van der Waals surface area contributed by atoms with Crippen LogP contribution < -0.4 is 5.32 Å². The molecule has 2 aromatic rings. The lowest BCUT2D eigenvalue weighted by atomic mass is 10.1. The lowest BCUT2D eigenvalue weighted by molar-refractivity contribution is -0.130. The Kier molecular flexibility index (Phi) is 5.48. The van der Waals surface area contributed by atoms with Crippen LogP contribution in [0.1, 0.15) is 25.3 Å². The van der Waals surface area contributed by atoms with Gasteiger partial charge >= 0.3 is 6.03 Å². The van der Waals surface area contributed by atoms with Gasteiger partial charge in [0.15, 0.2) is 0 Å². The van der Waals surface area contributed by atoms with E-state index in [9.17, 15) is 9.59 Å². The van der Waals surface area contributed by atoms with E-state index in [4.69, 9.17) is 0 Å². The van der Waals surface area contributed by atoms with Crippen LogP contribution in [0.3, 0.4) is 0 Å². The van der Waals surface area contributed by atoms with E-state index in [1.807, 2.05) is 35.2 Å². The smallest absolute Gasteiger partial charge is 0.318 e. The summed E-state index contributed by atoms with van der Waals surface area (Å²) >= 11 is 0. The highest BCUT2D eigenvalue weighted by Crippen LogP contribution is 2.15. The summed E-state index contributed by atoms with van der Waals surface area (Å²) < 4.78 is 0. The number of amides is 3. The van der Waals surface area contributed by atoms with Gasteiger partial charge in [0.2, 0.25) is 5.91 Å². The Bertz CT molecular complexity index is 757. The molecule has 132 valence electrons. The molecule has 1 aromatic heterocycles. The molecule has 6 heteroatoms. The molecule has 0 bridgehead atoms. The average Bonchev–Trinajstić information content (AvgIpc) is 2.82. The molecule has 3 rings (SSSR count). The zero-order valence-electron chi connectivity index (χ0n) is 14.6. The predicted octanol–water partition coefficient (Wildman–Crippen LogP) is 2.39. The van der Waals surface area contributed by atoms with Gasteiger partial charge in [-0.05, 0) is 24.5 Å². The number of carbonyl (C=O) groups excluding carboxylic acids is 2. The quantitative estimate of drug-likeness (QED) is 0.929. The second kappa shape index (κ2) is 7.96. The van der Waals surface area contributed by atoms with E-state index in [2.05, 4.69) is 17.2 Å². The zero-order chi connectivity index (χ0) is 17.6. The Morgan fingerprint density at radius 2 is 2.08 bits per heavy atom. The summed E-state index contributed by atoms with van der Waals surface area (Å²) in [7, 11) is 0. The standard InChI is InChI=1S/C19H24N4O2/c1-2-10-22-11-5-12-23(14-17(22)24)19(25)21-13-16-7-3-6-15-8-4-9-20-18(15)16/h3-4,6-9H,2,5,10-14H2,1H3,(H,21,25). The lowest BCUT2D eigenvalue weighted by Crippen LogP contribution is -2.44. The van der Waals surface area contributed by atoms with Crippen LogP contribution in [0.15, 0.2) is 36.5 Å². The van der Waals surface area contributed by atoms with E-state index in [1.54, 1.807) is 11.1 Å². The Labute approximate surface area is 147 Å². The van der Waals surface area contributed by atoms with E-state index in [0.717, 1.165) is 42.4 Å². The predicted molar refractivity (Wildman–Crippen MR) is 97.0 cm³/mol. The van der Waals surface area contributed by atoms with Crippen molar-refractivity contribution < 1.29 is 9.59 Å². The molecule has 1 aliphatic rings. The van der Waals surface area contributed by atoms with Crippen molar-refractivity contribution in [3.05, 3.63) is 42.1 Å². The van der Waals surface area contributed by atoms with Crippen molar-refractivity contribution in [1.82, 2.24) is 20.1 Å². The van der Waals surface area contributed by atoms with E-state index in [0.29, 0.717) is 13.1 Å². The van der Waals surface area contributed by atoms with E-state index in [-0.39, 0.29) is 18.5 Å². The van der Waals surface area contributed by atoms with Crippen LogP contribution in [0.5, 0.6) is 0 Å². The molecular weight excluding hydrogens is 316 g/mol. The Balaban J connectivity index is 1.63. The zero-order valence-corrected chi connectivity index (χ0v) is 14.6. The fraction of sp³-hybridized carbons (Fsp3) is 0.421. The Hall–Kier alpha value is -2.63. The summed E-state index contributed by atoms with van der Waals surface area (Å²) in [5, 5.41) is 3.98. The largest absolute Gasteiger partial charge is 0.341 e. The summed E-state index contributed by atoms with van der Waals surface area (Å²) in [6.45, 7) is 4.70. The van der Waals surface area contributed by atoms with Crippen LogP contribution in [-0.4, -0.2) is 52.9 Å². The molecule has 0 aliphatic carbocycles. The summed E-state index contributed by atoms with van der Waals surface area (Å²) in [4.78, 5) is 32.6. The number of rotatable bonds is 4. The van der Waals surface area contributed by atoms with Crippen LogP contribution in [0.2, 0.25) is 0 Å². The molecular formula is C19H24N4O2. The first-order chi connectivity index (χ1) is 12.2. The SMILES string of the molecule is CCCN1CCCN(C(=O)NCc2cccc3cccnc23)CC1=O. The molecule has 25 heavy (non-hydrogen) atoms. The van der Waals surface area contributed by atoms with Crippen LogP contribution in [0.25, 0.3) is 10.9 Å². The van der Waals surface area contributed by atoms with Crippen molar-refractivity contribution >= 4 is 22.8 Å². The summed E-state index contributed by atoms with van der Waals surface area (Å²) in [6.07, 6.45) is 3.50. The molecule has 6 nitrogen and oxygen atoms in total. The first-order valence-electron chi connectivity index (χ1n) is 8.82. The summed E-state index contributed by atoms with van der Waals surface area (Å²) in [5.41, 5.74) is 1.87. The summed E-state index contributed by atoms with van der Waals surface area (Å²) in [6, 6.07) is 9.64. The molecule has 1 N–H and O–H groups in total. The third kappa shape index (κ3) is 4.07. The van der Waals surface area contributed by atoms with Gasteiger partial charge in [0.25, 0.3) is 0 Å². The second-order valence-electron chi connectivity index (χ2n) is 6.31. The number of aromatic nitrogens is 1. The number of hydrogen-bond donors (Lipinski definition) is 1. The molecule has 0 saturated carbocycles. The van der Waals surface area contributed by atoms with Crippen molar-refractivity contribution in [1.29, 1.82) is 0 Å². The van der Waals surface area contributed by atoms with Gasteiger partial charge in [-0.25, -0.2) is 4.79 Å². The molecule has 1 fully saturated rings.